The summed E-state index contributed by atoms with van der Waals surface area (Å²) >= 11 is 0. The second-order valence-electron chi connectivity index (χ2n) is 3.87. The van der Waals surface area contributed by atoms with Gasteiger partial charge in [0.25, 0.3) is 0 Å². The summed E-state index contributed by atoms with van der Waals surface area (Å²) in [5, 5.41) is 0. The maximum Gasteiger partial charge on any atom is 0.151 e. The molecule has 0 aliphatic heterocycles. The van der Waals surface area contributed by atoms with Gasteiger partial charge in [-0.2, -0.15) is 0 Å². The molecule has 0 amide bonds. The Morgan fingerprint density at radius 2 is 2.20 bits per heavy atom. The third-order valence-corrected chi connectivity index (χ3v) is 2.31. The molecule has 0 radical (unpaired) electrons. The molecular weight excluding hydrogens is 193 g/mol. The van der Waals surface area contributed by atoms with Crippen molar-refractivity contribution in [2.24, 2.45) is 0 Å². The summed E-state index contributed by atoms with van der Waals surface area (Å²) in [6, 6.07) is 4.95. The maximum absolute atomic E-state index is 13.3. The van der Waals surface area contributed by atoms with Gasteiger partial charge in [-0.3, -0.25) is 0 Å². The first-order valence-corrected chi connectivity index (χ1v) is 4.94. The lowest BCUT2D eigenvalue weighted by atomic mass is 10.3. The molecule has 1 heterocycles. The number of likely N-dealkylation sites (N-methyl/N-ethyl adjacent to an activating group) is 1. The first-order chi connectivity index (χ1) is 7.16. The Balaban J connectivity index is 2.27. The molecule has 4 heteroatoms. The highest BCUT2D eigenvalue weighted by Gasteiger charge is 2.06. The first kappa shape index (κ1) is 10.1. The second-order valence-corrected chi connectivity index (χ2v) is 3.87. The van der Waals surface area contributed by atoms with Crippen LogP contribution in [0.15, 0.2) is 18.2 Å². The quantitative estimate of drug-likeness (QED) is 0.832. The van der Waals surface area contributed by atoms with Crippen LogP contribution in [0.25, 0.3) is 11.0 Å². The summed E-state index contributed by atoms with van der Waals surface area (Å²) in [6.45, 7) is 0.904. The average Bonchev–Trinajstić information content (AvgIpc) is 2.59. The molecule has 0 aliphatic carbocycles. The lowest BCUT2D eigenvalue weighted by molar-refractivity contribution is 0.410. The number of imidazole rings is 1. The minimum atomic E-state index is -0.264. The van der Waals surface area contributed by atoms with E-state index in [9.17, 15) is 4.39 Å². The van der Waals surface area contributed by atoms with Gasteiger partial charge < -0.3 is 9.88 Å². The van der Waals surface area contributed by atoms with Crippen molar-refractivity contribution < 1.29 is 4.39 Å². The van der Waals surface area contributed by atoms with Crippen molar-refractivity contribution in [1.29, 1.82) is 0 Å². The van der Waals surface area contributed by atoms with Crippen LogP contribution in [-0.2, 0) is 6.42 Å². The molecule has 1 aromatic carbocycles. The van der Waals surface area contributed by atoms with Crippen LogP contribution in [0.2, 0.25) is 0 Å². The summed E-state index contributed by atoms with van der Waals surface area (Å²) in [4.78, 5) is 9.41. The Morgan fingerprint density at radius 1 is 1.40 bits per heavy atom. The zero-order chi connectivity index (χ0) is 10.8. The van der Waals surface area contributed by atoms with Crippen LogP contribution in [-0.4, -0.2) is 35.5 Å². The van der Waals surface area contributed by atoms with E-state index in [1.54, 1.807) is 6.07 Å². The largest absolute Gasteiger partial charge is 0.342 e. The van der Waals surface area contributed by atoms with Crippen LogP contribution >= 0.6 is 0 Å². The van der Waals surface area contributed by atoms with Crippen molar-refractivity contribution in [2.45, 2.75) is 6.42 Å². The summed E-state index contributed by atoms with van der Waals surface area (Å²) < 4.78 is 13.3. The number of nitrogens with one attached hydrogen (secondary N) is 1. The van der Waals surface area contributed by atoms with Crippen LogP contribution in [0.4, 0.5) is 4.39 Å². The Hall–Kier alpha value is -1.42. The van der Waals surface area contributed by atoms with E-state index in [-0.39, 0.29) is 5.82 Å². The molecule has 80 valence electrons. The molecule has 2 rings (SSSR count). The molecule has 0 saturated carbocycles. The topological polar surface area (TPSA) is 31.9 Å². The first-order valence-electron chi connectivity index (χ1n) is 4.94. The van der Waals surface area contributed by atoms with E-state index >= 15 is 0 Å². The fourth-order valence-electron chi connectivity index (χ4n) is 1.50. The molecule has 0 unspecified atom stereocenters. The van der Waals surface area contributed by atoms with Crippen LogP contribution in [0.1, 0.15) is 5.82 Å². The number of benzene rings is 1. The third kappa shape index (κ3) is 2.15. The highest BCUT2D eigenvalue weighted by molar-refractivity contribution is 5.75. The molecule has 1 aromatic heterocycles. The van der Waals surface area contributed by atoms with E-state index in [0.717, 1.165) is 24.3 Å². The van der Waals surface area contributed by atoms with Gasteiger partial charge in [-0.25, -0.2) is 9.37 Å². The Bertz CT molecular complexity index is 462. The van der Waals surface area contributed by atoms with E-state index in [2.05, 4.69) is 14.9 Å². The molecule has 0 saturated heterocycles. The van der Waals surface area contributed by atoms with Crippen molar-refractivity contribution in [3.63, 3.8) is 0 Å². The van der Waals surface area contributed by atoms with Gasteiger partial charge in [-0.15, -0.1) is 0 Å². The standard InChI is InChI=1S/C11H14FN3/c1-15(2)7-6-10-13-9-5-3-4-8(12)11(9)14-10/h3-5H,6-7H2,1-2H3,(H,13,14). The van der Waals surface area contributed by atoms with E-state index in [1.807, 2.05) is 20.2 Å². The van der Waals surface area contributed by atoms with Crippen molar-refractivity contribution in [3.05, 3.63) is 29.8 Å². The number of para-hydroxylation sites is 1. The van der Waals surface area contributed by atoms with Crippen LogP contribution in [0.5, 0.6) is 0 Å². The van der Waals surface area contributed by atoms with E-state index in [0.29, 0.717) is 5.52 Å². The number of fused-ring (bicyclic) bond motifs is 1. The highest BCUT2D eigenvalue weighted by atomic mass is 19.1. The molecule has 0 bridgehead atoms. The fourth-order valence-corrected chi connectivity index (χ4v) is 1.50. The van der Waals surface area contributed by atoms with Crippen LogP contribution in [0, 0.1) is 5.82 Å². The normalized spacial score (nSPS) is 11.5. The van der Waals surface area contributed by atoms with Gasteiger partial charge in [0.2, 0.25) is 0 Å². The Kier molecular flexibility index (Phi) is 2.68. The van der Waals surface area contributed by atoms with E-state index < -0.39 is 0 Å². The van der Waals surface area contributed by atoms with Crippen molar-refractivity contribution in [2.75, 3.05) is 20.6 Å². The average molecular weight is 207 g/mol. The fraction of sp³-hybridized carbons (Fsp3) is 0.364. The summed E-state index contributed by atoms with van der Waals surface area (Å²) in [5.41, 5.74) is 1.20. The van der Waals surface area contributed by atoms with Gasteiger partial charge in [0, 0.05) is 13.0 Å². The predicted molar refractivity (Wildman–Crippen MR) is 58.3 cm³/mol. The van der Waals surface area contributed by atoms with Crippen molar-refractivity contribution in [1.82, 2.24) is 14.9 Å². The number of rotatable bonds is 3. The number of hydrogen-bond acceptors (Lipinski definition) is 2. The molecule has 2 aromatic rings. The SMILES string of the molecule is CN(C)CCc1nc2c(F)cccc2[nH]1. The molecule has 0 spiro atoms. The van der Waals surface area contributed by atoms with Gasteiger partial charge in [0.05, 0.1) is 5.52 Å². The van der Waals surface area contributed by atoms with Gasteiger partial charge in [-0.05, 0) is 26.2 Å². The monoisotopic (exact) mass is 207 g/mol. The van der Waals surface area contributed by atoms with Crippen molar-refractivity contribution >= 4 is 11.0 Å². The highest BCUT2D eigenvalue weighted by Crippen LogP contribution is 2.14. The minimum Gasteiger partial charge on any atom is -0.342 e. The van der Waals surface area contributed by atoms with Crippen molar-refractivity contribution in [3.8, 4) is 0 Å². The molecule has 3 nitrogen and oxygen atoms in total. The number of H-pyrrole nitrogens is 1. The van der Waals surface area contributed by atoms with Gasteiger partial charge in [-0.1, -0.05) is 6.07 Å². The summed E-state index contributed by atoms with van der Waals surface area (Å²) in [6.07, 6.45) is 0.807. The third-order valence-electron chi connectivity index (χ3n) is 2.31. The molecule has 1 N–H and O–H groups in total. The van der Waals surface area contributed by atoms with Crippen LogP contribution in [0.3, 0.4) is 0 Å². The Morgan fingerprint density at radius 3 is 2.87 bits per heavy atom. The lowest BCUT2D eigenvalue weighted by Crippen LogP contribution is -2.15. The van der Waals surface area contributed by atoms with E-state index in [4.69, 9.17) is 0 Å². The zero-order valence-corrected chi connectivity index (χ0v) is 8.92. The number of aromatic nitrogens is 2. The molecule has 15 heavy (non-hydrogen) atoms. The predicted octanol–water partition coefficient (Wildman–Crippen LogP) is 1.81. The molecule has 0 fully saturated rings. The van der Waals surface area contributed by atoms with Gasteiger partial charge in [0.15, 0.2) is 5.82 Å². The molecular formula is C11H14FN3. The smallest absolute Gasteiger partial charge is 0.151 e. The molecule has 0 atom stereocenters. The van der Waals surface area contributed by atoms with Gasteiger partial charge in [0.1, 0.15) is 11.3 Å². The van der Waals surface area contributed by atoms with E-state index in [1.165, 1.54) is 6.07 Å². The number of nitrogens with zero attached hydrogens (tertiary/aromatic N) is 2. The second kappa shape index (κ2) is 3.98. The maximum atomic E-state index is 13.3. The minimum absolute atomic E-state index is 0.264. The van der Waals surface area contributed by atoms with Gasteiger partial charge >= 0.3 is 0 Å². The lowest BCUT2D eigenvalue weighted by Gasteiger charge is -2.06. The summed E-state index contributed by atoms with van der Waals surface area (Å²) in [5.74, 6) is 0.573. The number of halogens is 1. The Labute approximate surface area is 87.9 Å². The zero-order valence-electron chi connectivity index (χ0n) is 8.92. The number of aromatic amines is 1. The summed E-state index contributed by atoms with van der Waals surface area (Å²) in [7, 11) is 4.01. The number of hydrogen-bond donors (Lipinski definition) is 1. The molecule has 0 aliphatic rings. The van der Waals surface area contributed by atoms with Crippen LogP contribution < -0.4 is 0 Å².